The lowest BCUT2D eigenvalue weighted by Crippen LogP contribution is -1.93. The number of thiocarbonyl (C=S) groups is 1. The molecule has 15 rings (SSSR count). The maximum atomic E-state index is 10.4. The molecule has 5 heterocycles. The second-order valence-electron chi connectivity index (χ2n) is 17.8. The molecule has 0 atom stereocenters. The number of hydrogen-bond donors (Lipinski definition) is 1. The van der Waals surface area contributed by atoms with Crippen LogP contribution in [0, 0.1) is 0 Å². The summed E-state index contributed by atoms with van der Waals surface area (Å²) in [5.41, 5.74) is 16.5. The summed E-state index contributed by atoms with van der Waals surface area (Å²) in [5, 5.41) is 23.5. The fourth-order valence-electron chi connectivity index (χ4n) is 10.9. The number of para-hydroxylation sites is 2. The summed E-state index contributed by atoms with van der Waals surface area (Å²) in [6, 6.07) is 67.1. The predicted octanol–water partition coefficient (Wildman–Crippen LogP) is 17.4. The normalized spacial score (nSPS) is 12.1. The first-order chi connectivity index (χ1) is 34.0. The van der Waals surface area contributed by atoms with Crippen LogP contribution in [-0.2, 0) is 0 Å². The lowest BCUT2D eigenvalue weighted by Gasteiger charge is -2.08. The van der Waals surface area contributed by atoms with Gasteiger partial charge in [-0.25, -0.2) is 0 Å². The number of aromatic nitrogens is 2. The van der Waals surface area contributed by atoms with Crippen LogP contribution >= 0.6 is 12.2 Å². The Morgan fingerprint density at radius 2 is 0.725 bits per heavy atom. The van der Waals surface area contributed by atoms with Gasteiger partial charge in [0.15, 0.2) is 0 Å². The minimum atomic E-state index is 0.249. The molecular formula is C61H33N3O4S. The van der Waals surface area contributed by atoms with Crippen LogP contribution in [0.5, 0.6) is 5.75 Å². The molecule has 69 heavy (non-hydrogen) atoms. The number of isothiocyanates is 1. The van der Waals surface area contributed by atoms with E-state index in [-0.39, 0.29) is 5.75 Å². The molecule has 10 aromatic carbocycles. The first-order valence-electron chi connectivity index (χ1n) is 22.8. The largest absolute Gasteiger partial charge is 0.508 e. The maximum Gasteiger partial charge on any atom is 0.135 e. The third kappa shape index (κ3) is 5.62. The number of phenols is 1. The average Bonchev–Trinajstić information content (AvgIpc) is 4.20. The monoisotopic (exact) mass is 903 g/mol. The van der Waals surface area contributed by atoms with Gasteiger partial charge in [-0.1, -0.05) is 60.7 Å². The number of rotatable bonds is 5. The Labute approximate surface area is 396 Å². The number of fused-ring (bicyclic) bond motifs is 15. The molecule has 0 amide bonds. The number of phenolic OH excluding ortho intramolecular Hbond substituents is 1. The zero-order chi connectivity index (χ0) is 45.5. The van der Waals surface area contributed by atoms with Crippen molar-refractivity contribution in [3.8, 4) is 39.4 Å². The van der Waals surface area contributed by atoms with E-state index in [1.165, 1.54) is 0 Å². The van der Waals surface area contributed by atoms with Gasteiger partial charge in [0, 0.05) is 65.2 Å². The van der Waals surface area contributed by atoms with Crippen molar-refractivity contribution in [2.24, 2.45) is 4.99 Å². The fraction of sp³-hybridized carbons (Fsp3) is 0. The molecule has 0 aliphatic rings. The van der Waals surface area contributed by atoms with Gasteiger partial charge < -0.3 is 27.5 Å². The molecule has 0 bridgehead atoms. The van der Waals surface area contributed by atoms with Gasteiger partial charge in [-0.2, -0.15) is 4.99 Å². The Kier molecular flexibility index (Phi) is 7.79. The minimum Gasteiger partial charge on any atom is -0.508 e. The fourth-order valence-corrected chi connectivity index (χ4v) is 11.0. The Morgan fingerprint density at radius 3 is 1.17 bits per heavy atom. The van der Waals surface area contributed by atoms with Gasteiger partial charge in [0.2, 0.25) is 0 Å². The van der Waals surface area contributed by atoms with E-state index in [2.05, 4.69) is 183 Å². The number of nitrogens with zero attached hydrogens (tertiary/aromatic N) is 3. The third-order valence-electron chi connectivity index (χ3n) is 14.0. The molecule has 0 spiro atoms. The van der Waals surface area contributed by atoms with Gasteiger partial charge in [0.1, 0.15) is 39.2 Å². The zero-order valence-electron chi connectivity index (χ0n) is 36.4. The molecule has 7 nitrogen and oxygen atoms in total. The molecule has 0 radical (unpaired) electrons. The molecule has 0 saturated heterocycles. The number of furan rings is 3. The average molecular weight is 904 g/mol. The van der Waals surface area contributed by atoms with Crippen molar-refractivity contribution in [1.82, 2.24) is 9.13 Å². The van der Waals surface area contributed by atoms with Gasteiger partial charge in [0.25, 0.3) is 0 Å². The number of benzene rings is 10. The van der Waals surface area contributed by atoms with Crippen molar-refractivity contribution in [2.45, 2.75) is 0 Å². The van der Waals surface area contributed by atoms with Crippen molar-refractivity contribution < 1.29 is 18.4 Å². The van der Waals surface area contributed by atoms with Crippen LogP contribution in [0.1, 0.15) is 0 Å². The lowest BCUT2D eigenvalue weighted by molar-refractivity contribution is 0.476. The van der Waals surface area contributed by atoms with Crippen LogP contribution in [0.25, 0.3) is 143 Å². The Hall–Kier alpha value is -9.20. The number of hydrogen-bond acceptors (Lipinski definition) is 6. The molecule has 0 saturated carbocycles. The molecule has 1 N–H and O–H groups in total. The van der Waals surface area contributed by atoms with Crippen molar-refractivity contribution in [1.29, 1.82) is 0 Å². The van der Waals surface area contributed by atoms with Gasteiger partial charge >= 0.3 is 0 Å². The zero-order valence-corrected chi connectivity index (χ0v) is 37.2. The molecule has 0 aliphatic heterocycles. The third-order valence-corrected chi connectivity index (χ3v) is 14.1. The van der Waals surface area contributed by atoms with Crippen LogP contribution in [0.3, 0.4) is 0 Å². The van der Waals surface area contributed by atoms with E-state index in [4.69, 9.17) is 25.5 Å². The van der Waals surface area contributed by atoms with Gasteiger partial charge in [-0.3, -0.25) is 0 Å². The highest BCUT2D eigenvalue weighted by Crippen LogP contribution is 2.42. The highest BCUT2D eigenvalue weighted by atomic mass is 32.1. The molecule has 0 unspecified atom stereocenters. The number of aromatic hydroxyl groups is 1. The van der Waals surface area contributed by atoms with Gasteiger partial charge in [0.05, 0.1) is 32.9 Å². The summed E-state index contributed by atoms with van der Waals surface area (Å²) in [6.45, 7) is 0. The summed E-state index contributed by atoms with van der Waals surface area (Å²) in [6.07, 6.45) is 0. The molecule has 15 aromatic rings. The first-order valence-corrected chi connectivity index (χ1v) is 23.2. The minimum absolute atomic E-state index is 0.249. The van der Waals surface area contributed by atoms with E-state index in [1.807, 2.05) is 24.3 Å². The summed E-state index contributed by atoms with van der Waals surface area (Å²) in [7, 11) is 0. The maximum absolute atomic E-state index is 10.4. The Morgan fingerprint density at radius 1 is 0.348 bits per heavy atom. The second kappa shape index (κ2) is 14.2. The Balaban J connectivity index is 0.819. The van der Waals surface area contributed by atoms with Crippen molar-refractivity contribution >= 4 is 132 Å². The van der Waals surface area contributed by atoms with Crippen LogP contribution in [0.4, 0.5) is 5.69 Å². The van der Waals surface area contributed by atoms with E-state index in [0.717, 1.165) is 149 Å². The highest BCUT2D eigenvalue weighted by molar-refractivity contribution is 7.78. The second-order valence-corrected chi connectivity index (χ2v) is 18.0. The summed E-state index contributed by atoms with van der Waals surface area (Å²) < 4.78 is 23.9. The number of aliphatic imine (C=N–C) groups is 1. The predicted molar refractivity (Wildman–Crippen MR) is 284 cm³/mol. The van der Waals surface area contributed by atoms with Gasteiger partial charge in [-0.05, 0) is 168 Å². The van der Waals surface area contributed by atoms with Crippen molar-refractivity contribution in [3.63, 3.8) is 0 Å². The quantitative estimate of drug-likeness (QED) is 0.137. The standard InChI is InChI=1S/C61H33N3O4S/c65-41-16-18-55-45(32-41)43-6-2-4-8-53(43)64(55)40-15-24-61-51(31-40)49-28-37(12-22-59(49)68-61)35-10-20-57-47(26-35)46-25-34(9-19-56(46)66-57)36-11-21-58-48(27-36)50-30-39(14-23-60(50)67-58)63-52-7-3-1-5-42(52)44-29-38(62-33-69)13-17-54(44)63/h1-32,65H. The van der Waals surface area contributed by atoms with E-state index in [1.54, 1.807) is 6.07 Å². The lowest BCUT2D eigenvalue weighted by atomic mass is 9.98. The topological polar surface area (TPSA) is 81.9 Å². The van der Waals surface area contributed by atoms with E-state index in [0.29, 0.717) is 0 Å². The summed E-state index contributed by atoms with van der Waals surface area (Å²) in [4.78, 5) is 4.26. The van der Waals surface area contributed by atoms with Crippen LogP contribution < -0.4 is 0 Å². The smallest absolute Gasteiger partial charge is 0.135 e. The van der Waals surface area contributed by atoms with E-state index in [9.17, 15) is 5.11 Å². The molecule has 8 heteroatoms. The van der Waals surface area contributed by atoms with Crippen LogP contribution in [0.15, 0.2) is 212 Å². The summed E-state index contributed by atoms with van der Waals surface area (Å²) >= 11 is 4.91. The summed E-state index contributed by atoms with van der Waals surface area (Å²) in [5.74, 6) is 0.249. The van der Waals surface area contributed by atoms with E-state index < -0.39 is 0 Å². The van der Waals surface area contributed by atoms with Crippen molar-refractivity contribution in [3.05, 3.63) is 194 Å². The molecular weight excluding hydrogens is 871 g/mol. The van der Waals surface area contributed by atoms with E-state index >= 15 is 0 Å². The molecule has 5 aromatic heterocycles. The highest BCUT2D eigenvalue weighted by Gasteiger charge is 2.19. The van der Waals surface area contributed by atoms with Gasteiger partial charge in [-0.15, -0.1) is 0 Å². The SMILES string of the molecule is Oc1ccc2c(c1)c1ccccc1n2-c1ccc2oc3ccc(-c4ccc5oc6ccc(-c7ccc8oc9ccc(-n%10c%11ccccc%11c%11cc(N=C=S)ccc%11%10)cc9c8c7)cc6c5c4)cc3c2c1. The molecule has 0 fully saturated rings. The van der Waals surface area contributed by atoms with Crippen LogP contribution in [-0.4, -0.2) is 19.4 Å². The van der Waals surface area contributed by atoms with Crippen molar-refractivity contribution in [2.75, 3.05) is 0 Å². The van der Waals surface area contributed by atoms with Crippen LogP contribution in [0.2, 0.25) is 0 Å². The molecule has 322 valence electrons. The first kappa shape index (κ1) is 38.0. The molecule has 0 aliphatic carbocycles. The Bertz CT molecular complexity index is 4770.